The van der Waals surface area contributed by atoms with Crippen LogP contribution in [0.1, 0.15) is 5.56 Å². The Labute approximate surface area is 103 Å². The second kappa shape index (κ2) is 4.68. The summed E-state index contributed by atoms with van der Waals surface area (Å²) in [4.78, 5) is 0. The molecule has 0 spiro atoms. The van der Waals surface area contributed by atoms with Crippen molar-refractivity contribution >= 4 is 34.6 Å². The van der Waals surface area contributed by atoms with Crippen LogP contribution in [0.15, 0.2) is 30.3 Å². The van der Waals surface area contributed by atoms with Gasteiger partial charge in [-0.1, -0.05) is 41.4 Å². The van der Waals surface area contributed by atoms with Crippen LogP contribution in [-0.4, -0.2) is 10.2 Å². The van der Waals surface area contributed by atoms with Gasteiger partial charge in [0.1, 0.15) is 0 Å². The SMILES string of the molecule is Cc1ccccc1Nc1cc(Cl)nnc1Cl. The monoisotopic (exact) mass is 253 g/mol. The van der Waals surface area contributed by atoms with E-state index in [2.05, 4.69) is 15.5 Å². The second-order valence-electron chi connectivity index (χ2n) is 3.31. The van der Waals surface area contributed by atoms with Crippen LogP contribution in [0.4, 0.5) is 11.4 Å². The molecule has 0 aliphatic rings. The Bertz CT molecular complexity index is 514. The van der Waals surface area contributed by atoms with Crippen LogP contribution in [0.25, 0.3) is 0 Å². The molecule has 0 unspecified atom stereocenters. The van der Waals surface area contributed by atoms with Gasteiger partial charge in [-0.15, -0.1) is 10.2 Å². The summed E-state index contributed by atoms with van der Waals surface area (Å²) in [6, 6.07) is 9.52. The maximum Gasteiger partial charge on any atom is 0.175 e. The molecule has 0 amide bonds. The summed E-state index contributed by atoms with van der Waals surface area (Å²) in [7, 11) is 0. The highest BCUT2D eigenvalue weighted by atomic mass is 35.5. The third-order valence-electron chi connectivity index (χ3n) is 2.13. The summed E-state index contributed by atoms with van der Waals surface area (Å²) in [5.41, 5.74) is 2.73. The molecule has 0 aliphatic carbocycles. The highest BCUT2D eigenvalue weighted by Crippen LogP contribution is 2.26. The molecule has 0 fully saturated rings. The van der Waals surface area contributed by atoms with Gasteiger partial charge in [-0.3, -0.25) is 0 Å². The van der Waals surface area contributed by atoms with Crippen LogP contribution in [0.5, 0.6) is 0 Å². The van der Waals surface area contributed by atoms with Crippen LogP contribution in [0.2, 0.25) is 10.3 Å². The molecular formula is C11H9Cl2N3. The summed E-state index contributed by atoms with van der Waals surface area (Å²) >= 11 is 11.7. The van der Waals surface area contributed by atoms with Gasteiger partial charge in [0, 0.05) is 11.8 Å². The Hall–Kier alpha value is -1.32. The van der Waals surface area contributed by atoms with Gasteiger partial charge in [0.2, 0.25) is 0 Å². The fraction of sp³-hybridized carbons (Fsp3) is 0.0909. The van der Waals surface area contributed by atoms with E-state index in [1.165, 1.54) is 0 Å². The Balaban J connectivity index is 2.34. The third-order valence-corrected chi connectivity index (χ3v) is 2.60. The predicted molar refractivity (Wildman–Crippen MR) is 66.5 cm³/mol. The highest BCUT2D eigenvalue weighted by molar-refractivity contribution is 6.33. The minimum Gasteiger partial charge on any atom is -0.353 e. The van der Waals surface area contributed by atoms with E-state index < -0.39 is 0 Å². The number of rotatable bonds is 2. The summed E-state index contributed by atoms with van der Waals surface area (Å²) in [6.45, 7) is 2.01. The van der Waals surface area contributed by atoms with Crippen molar-refractivity contribution in [1.29, 1.82) is 0 Å². The number of nitrogens with zero attached hydrogens (tertiary/aromatic N) is 2. The number of para-hydroxylation sites is 1. The molecule has 1 heterocycles. The van der Waals surface area contributed by atoms with Crippen molar-refractivity contribution in [2.75, 3.05) is 5.32 Å². The molecule has 0 atom stereocenters. The normalized spacial score (nSPS) is 10.2. The zero-order valence-corrected chi connectivity index (χ0v) is 10.0. The van der Waals surface area contributed by atoms with E-state index in [9.17, 15) is 0 Å². The zero-order chi connectivity index (χ0) is 11.5. The van der Waals surface area contributed by atoms with E-state index in [1.807, 2.05) is 31.2 Å². The Kier molecular flexibility index (Phi) is 3.27. The molecule has 1 aromatic carbocycles. The molecule has 2 aromatic rings. The van der Waals surface area contributed by atoms with Crippen LogP contribution < -0.4 is 5.32 Å². The summed E-state index contributed by atoms with van der Waals surface area (Å²) in [6.07, 6.45) is 0. The lowest BCUT2D eigenvalue weighted by molar-refractivity contribution is 1.03. The molecule has 5 heteroatoms. The number of anilines is 2. The molecule has 82 valence electrons. The first kappa shape index (κ1) is 11.2. The minimum atomic E-state index is 0.299. The fourth-order valence-corrected chi connectivity index (χ4v) is 1.59. The summed E-state index contributed by atoms with van der Waals surface area (Å²) in [5.74, 6) is 0. The quantitative estimate of drug-likeness (QED) is 0.884. The zero-order valence-electron chi connectivity index (χ0n) is 8.54. The van der Waals surface area contributed by atoms with Crippen LogP contribution in [-0.2, 0) is 0 Å². The Morgan fingerprint density at radius 3 is 2.56 bits per heavy atom. The van der Waals surface area contributed by atoms with Crippen molar-refractivity contribution in [3.63, 3.8) is 0 Å². The van der Waals surface area contributed by atoms with Gasteiger partial charge in [-0.25, -0.2) is 0 Å². The number of hydrogen-bond donors (Lipinski definition) is 1. The first-order chi connectivity index (χ1) is 7.66. The number of benzene rings is 1. The Morgan fingerprint density at radius 2 is 1.81 bits per heavy atom. The van der Waals surface area contributed by atoms with Crippen molar-refractivity contribution < 1.29 is 0 Å². The average molecular weight is 254 g/mol. The molecule has 0 bridgehead atoms. The van der Waals surface area contributed by atoms with Crippen molar-refractivity contribution in [3.8, 4) is 0 Å². The largest absolute Gasteiger partial charge is 0.353 e. The maximum atomic E-state index is 5.90. The van der Waals surface area contributed by atoms with Crippen molar-refractivity contribution in [2.45, 2.75) is 6.92 Å². The first-order valence-electron chi connectivity index (χ1n) is 4.68. The van der Waals surface area contributed by atoms with E-state index in [-0.39, 0.29) is 0 Å². The lowest BCUT2D eigenvalue weighted by Gasteiger charge is -2.09. The highest BCUT2D eigenvalue weighted by Gasteiger charge is 2.05. The fourth-order valence-electron chi connectivity index (χ4n) is 1.30. The van der Waals surface area contributed by atoms with Gasteiger partial charge in [0.05, 0.1) is 5.69 Å². The topological polar surface area (TPSA) is 37.8 Å². The maximum absolute atomic E-state index is 5.90. The van der Waals surface area contributed by atoms with E-state index in [1.54, 1.807) is 6.07 Å². The van der Waals surface area contributed by atoms with Gasteiger partial charge >= 0.3 is 0 Å². The van der Waals surface area contributed by atoms with Crippen molar-refractivity contribution in [3.05, 3.63) is 46.2 Å². The van der Waals surface area contributed by atoms with Crippen LogP contribution in [0.3, 0.4) is 0 Å². The molecular weight excluding hydrogens is 245 g/mol. The smallest absolute Gasteiger partial charge is 0.175 e. The van der Waals surface area contributed by atoms with Gasteiger partial charge in [-0.05, 0) is 18.6 Å². The molecule has 0 aliphatic heterocycles. The molecule has 1 N–H and O–H groups in total. The number of halogens is 2. The third kappa shape index (κ3) is 2.43. The van der Waals surface area contributed by atoms with E-state index in [4.69, 9.17) is 23.2 Å². The van der Waals surface area contributed by atoms with Gasteiger partial charge in [-0.2, -0.15) is 0 Å². The summed E-state index contributed by atoms with van der Waals surface area (Å²) < 4.78 is 0. The molecule has 1 aromatic heterocycles. The predicted octanol–water partition coefficient (Wildman–Crippen LogP) is 3.84. The Morgan fingerprint density at radius 1 is 1.06 bits per heavy atom. The van der Waals surface area contributed by atoms with Crippen molar-refractivity contribution in [2.24, 2.45) is 0 Å². The number of aromatic nitrogens is 2. The molecule has 0 radical (unpaired) electrons. The van der Waals surface area contributed by atoms with Crippen molar-refractivity contribution in [1.82, 2.24) is 10.2 Å². The average Bonchev–Trinajstić information content (AvgIpc) is 2.27. The molecule has 0 saturated carbocycles. The number of nitrogens with one attached hydrogen (secondary N) is 1. The lowest BCUT2D eigenvalue weighted by Crippen LogP contribution is -1.96. The molecule has 2 rings (SSSR count). The van der Waals surface area contributed by atoms with E-state index >= 15 is 0 Å². The van der Waals surface area contributed by atoms with E-state index in [0.717, 1.165) is 11.3 Å². The molecule has 3 nitrogen and oxygen atoms in total. The first-order valence-corrected chi connectivity index (χ1v) is 5.44. The van der Waals surface area contributed by atoms with E-state index in [0.29, 0.717) is 16.0 Å². The number of aryl methyl sites for hydroxylation is 1. The lowest BCUT2D eigenvalue weighted by atomic mass is 10.2. The van der Waals surface area contributed by atoms with Gasteiger partial charge in [0.15, 0.2) is 10.3 Å². The van der Waals surface area contributed by atoms with Gasteiger partial charge < -0.3 is 5.32 Å². The van der Waals surface area contributed by atoms with Gasteiger partial charge in [0.25, 0.3) is 0 Å². The standard InChI is InChI=1S/C11H9Cl2N3/c1-7-4-2-3-5-8(7)14-9-6-10(12)15-16-11(9)13/h2-6H,1H3,(H,14,15). The summed E-state index contributed by atoms with van der Waals surface area (Å²) in [5, 5.41) is 11.1. The second-order valence-corrected chi connectivity index (χ2v) is 4.06. The number of hydrogen-bond acceptors (Lipinski definition) is 3. The van der Waals surface area contributed by atoms with Crippen LogP contribution >= 0.6 is 23.2 Å². The molecule has 0 saturated heterocycles. The molecule has 16 heavy (non-hydrogen) atoms. The van der Waals surface area contributed by atoms with Crippen LogP contribution in [0, 0.1) is 6.92 Å². The minimum absolute atomic E-state index is 0.299.